The van der Waals surface area contributed by atoms with Crippen LogP contribution in [0.15, 0.2) is 22.4 Å². The van der Waals surface area contributed by atoms with Gasteiger partial charge in [-0.3, -0.25) is 14.4 Å². The van der Waals surface area contributed by atoms with Gasteiger partial charge in [-0.1, -0.05) is 12.5 Å². The molecule has 1 aliphatic carbocycles. The van der Waals surface area contributed by atoms with Gasteiger partial charge in [0.1, 0.15) is 5.75 Å². The minimum absolute atomic E-state index is 0.0313. The molecule has 0 radical (unpaired) electrons. The van der Waals surface area contributed by atoms with Gasteiger partial charge in [0.05, 0.1) is 18.6 Å². The molecular weight excluding hydrogens is 582 g/mol. The van der Waals surface area contributed by atoms with E-state index in [-0.39, 0.29) is 67.5 Å². The summed E-state index contributed by atoms with van der Waals surface area (Å²) < 4.78 is 0. The SMILES string of the molecule is CC1(CCC(=O)N(CCCCC2SCC3NC(=O)NC32)CC(=O)NCCCC(=O)NCc2cc3c(cc2O)CCCC3)N=N1. The lowest BCUT2D eigenvalue weighted by atomic mass is 9.90. The average molecular weight is 628 g/mol. The number of nitrogens with zero attached hydrogens (tertiary/aromatic N) is 3. The predicted octanol–water partition coefficient (Wildman–Crippen LogP) is 2.91. The third-order valence-electron chi connectivity index (χ3n) is 8.97. The smallest absolute Gasteiger partial charge is 0.315 e. The largest absolute Gasteiger partial charge is 0.508 e. The Morgan fingerprint density at radius 1 is 1.05 bits per heavy atom. The summed E-state index contributed by atoms with van der Waals surface area (Å²) >= 11 is 1.87. The predicted molar refractivity (Wildman–Crippen MR) is 167 cm³/mol. The van der Waals surface area contributed by atoms with Crippen molar-refractivity contribution in [3.05, 3.63) is 28.8 Å². The van der Waals surface area contributed by atoms with Crippen molar-refractivity contribution in [1.29, 1.82) is 0 Å². The van der Waals surface area contributed by atoms with Crippen molar-refractivity contribution in [2.75, 3.05) is 25.4 Å². The zero-order valence-electron chi connectivity index (χ0n) is 25.5. The molecule has 2 saturated heterocycles. The zero-order chi connectivity index (χ0) is 31.1. The minimum atomic E-state index is -0.473. The number of benzene rings is 1. The number of nitrogens with one attached hydrogen (secondary N) is 4. The normalized spacial score (nSPS) is 22.4. The first kappa shape index (κ1) is 32.1. The van der Waals surface area contributed by atoms with Crippen molar-refractivity contribution in [2.24, 2.45) is 10.2 Å². The fraction of sp³-hybridized carbons (Fsp3) is 0.677. The first-order chi connectivity index (χ1) is 21.2. The third-order valence-corrected chi connectivity index (χ3v) is 10.5. The standard InChI is InChI=1S/C31H45N7O5S/c1-31(36-37-31)12-11-28(42)38(14-5-4-9-25-29-23(19-44-25)34-30(43)35-29)18-27(41)32-13-6-10-26(40)33-17-22-15-20-7-2-3-8-21(20)16-24(22)39/h15-16,23,25,29,39H,2-14,17-19H2,1H3,(H,32,41)(H,33,40)(H2,34,35,43). The number of carbonyl (C=O) groups excluding carboxylic acids is 4. The second-order valence-electron chi connectivity index (χ2n) is 12.5. The molecule has 1 aromatic carbocycles. The van der Waals surface area contributed by atoms with Crippen molar-refractivity contribution < 1.29 is 24.3 Å². The van der Waals surface area contributed by atoms with E-state index in [0.29, 0.717) is 31.2 Å². The molecule has 0 bridgehead atoms. The molecule has 4 aliphatic rings. The zero-order valence-corrected chi connectivity index (χ0v) is 26.3. The van der Waals surface area contributed by atoms with Crippen LogP contribution in [0.5, 0.6) is 5.75 Å². The number of rotatable bonds is 16. The summed E-state index contributed by atoms with van der Waals surface area (Å²) in [7, 11) is 0. The maximum atomic E-state index is 13.0. The van der Waals surface area contributed by atoms with Gasteiger partial charge in [-0.05, 0) is 69.1 Å². The Hall–Kier alpha value is -3.35. The lowest BCUT2D eigenvalue weighted by molar-refractivity contribution is -0.136. The van der Waals surface area contributed by atoms with Crippen LogP contribution in [0, 0.1) is 0 Å². The van der Waals surface area contributed by atoms with Crippen LogP contribution in [-0.2, 0) is 33.8 Å². The number of thioether (sulfide) groups is 1. The van der Waals surface area contributed by atoms with Gasteiger partial charge in [0.25, 0.3) is 0 Å². The molecule has 0 aromatic heterocycles. The second kappa shape index (κ2) is 14.6. The summed E-state index contributed by atoms with van der Waals surface area (Å²) in [6.45, 7) is 2.93. The maximum absolute atomic E-state index is 13.0. The Kier molecular flexibility index (Phi) is 10.7. The van der Waals surface area contributed by atoms with Crippen molar-refractivity contribution in [1.82, 2.24) is 26.2 Å². The lowest BCUT2D eigenvalue weighted by Gasteiger charge is -2.23. The number of aryl methyl sites for hydroxylation is 2. The summed E-state index contributed by atoms with van der Waals surface area (Å²) in [6.07, 6.45) is 8.38. The van der Waals surface area contributed by atoms with Crippen LogP contribution in [-0.4, -0.2) is 82.1 Å². The molecule has 3 unspecified atom stereocenters. The topological polar surface area (TPSA) is 165 Å². The number of phenolic OH excluding ortho intramolecular Hbond substituents is 1. The Morgan fingerprint density at radius 3 is 2.59 bits per heavy atom. The van der Waals surface area contributed by atoms with Crippen LogP contribution in [0.25, 0.3) is 0 Å². The van der Waals surface area contributed by atoms with Gasteiger partial charge < -0.3 is 31.3 Å². The Bertz CT molecular complexity index is 1270. The van der Waals surface area contributed by atoms with Gasteiger partial charge in [-0.25, -0.2) is 4.79 Å². The van der Waals surface area contributed by atoms with E-state index in [1.807, 2.05) is 30.8 Å². The first-order valence-corrected chi connectivity index (χ1v) is 17.0. The van der Waals surface area contributed by atoms with Crippen LogP contribution >= 0.6 is 11.8 Å². The molecule has 3 atom stereocenters. The molecule has 0 spiro atoms. The van der Waals surface area contributed by atoms with Crippen LogP contribution in [0.4, 0.5) is 4.79 Å². The molecule has 2 fully saturated rings. The minimum Gasteiger partial charge on any atom is -0.508 e. The van der Waals surface area contributed by atoms with Gasteiger partial charge in [0.15, 0.2) is 5.66 Å². The van der Waals surface area contributed by atoms with Gasteiger partial charge in [-0.15, -0.1) is 0 Å². The maximum Gasteiger partial charge on any atom is 0.315 e. The molecule has 12 nitrogen and oxygen atoms in total. The van der Waals surface area contributed by atoms with E-state index < -0.39 is 5.66 Å². The highest BCUT2D eigenvalue weighted by Gasteiger charge is 2.42. The summed E-state index contributed by atoms with van der Waals surface area (Å²) in [5.74, 6) is 0.646. The van der Waals surface area contributed by atoms with Crippen LogP contribution in [0.2, 0.25) is 0 Å². The number of aromatic hydroxyl groups is 1. The van der Waals surface area contributed by atoms with Gasteiger partial charge in [0.2, 0.25) is 17.7 Å². The fourth-order valence-electron chi connectivity index (χ4n) is 6.22. The van der Waals surface area contributed by atoms with Gasteiger partial charge in [-0.2, -0.15) is 22.0 Å². The quantitative estimate of drug-likeness (QED) is 0.140. The number of hydrogen-bond acceptors (Lipinski definition) is 8. The molecule has 1 aromatic rings. The number of phenols is 1. The summed E-state index contributed by atoms with van der Waals surface area (Å²) in [5.41, 5.74) is 2.70. The van der Waals surface area contributed by atoms with Crippen LogP contribution in [0.1, 0.15) is 81.4 Å². The molecule has 5 amide bonds. The average Bonchev–Trinajstić information content (AvgIpc) is 3.46. The van der Waals surface area contributed by atoms with E-state index in [1.165, 1.54) is 11.1 Å². The molecule has 44 heavy (non-hydrogen) atoms. The Balaban J connectivity index is 1.00. The highest BCUT2D eigenvalue weighted by Crippen LogP contribution is 2.34. The first-order valence-electron chi connectivity index (χ1n) is 16.0. The van der Waals surface area contributed by atoms with E-state index in [9.17, 15) is 24.3 Å². The van der Waals surface area contributed by atoms with E-state index in [0.717, 1.165) is 56.3 Å². The summed E-state index contributed by atoms with van der Waals surface area (Å²) in [5, 5.41) is 30.4. The monoisotopic (exact) mass is 627 g/mol. The van der Waals surface area contributed by atoms with E-state index in [2.05, 4.69) is 31.5 Å². The third kappa shape index (κ3) is 8.86. The van der Waals surface area contributed by atoms with E-state index in [1.54, 1.807) is 4.90 Å². The van der Waals surface area contributed by atoms with Gasteiger partial charge in [0, 0.05) is 55.5 Å². The van der Waals surface area contributed by atoms with Crippen LogP contribution < -0.4 is 21.3 Å². The molecule has 3 heterocycles. The van der Waals surface area contributed by atoms with Crippen molar-refractivity contribution in [2.45, 2.75) is 107 Å². The van der Waals surface area contributed by atoms with Crippen molar-refractivity contribution >= 4 is 35.5 Å². The number of unbranched alkanes of at least 4 members (excludes halogenated alkanes) is 1. The van der Waals surface area contributed by atoms with Crippen LogP contribution in [0.3, 0.4) is 0 Å². The molecule has 3 aliphatic heterocycles. The highest BCUT2D eigenvalue weighted by atomic mass is 32.2. The number of carbonyl (C=O) groups is 4. The van der Waals surface area contributed by atoms with Crippen molar-refractivity contribution in [3.63, 3.8) is 0 Å². The number of fused-ring (bicyclic) bond motifs is 2. The Labute approximate surface area is 263 Å². The molecule has 240 valence electrons. The molecule has 5 rings (SSSR count). The van der Waals surface area contributed by atoms with E-state index >= 15 is 0 Å². The summed E-state index contributed by atoms with van der Waals surface area (Å²) in [6, 6.07) is 4.07. The number of amides is 5. The van der Waals surface area contributed by atoms with E-state index in [4.69, 9.17) is 0 Å². The second-order valence-corrected chi connectivity index (χ2v) is 13.8. The molecular formula is C31H45N7O5S. The highest BCUT2D eigenvalue weighted by molar-refractivity contribution is 8.00. The summed E-state index contributed by atoms with van der Waals surface area (Å²) in [4.78, 5) is 51.5. The molecule has 0 saturated carbocycles. The van der Waals surface area contributed by atoms with Crippen molar-refractivity contribution in [3.8, 4) is 5.75 Å². The molecule has 13 heteroatoms. The lowest BCUT2D eigenvalue weighted by Crippen LogP contribution is -2.42. The number of urea groups is 1. The van der Waals surface area contributed by atoms with Gasteiger partial charge >= 0.3 is 6.03 Å². The molecule has 5 N–H and O–H groups in total. The fourth-order valence-corrected chi connectivity index (χ4v) is 7.77. The number of hydrogen-bond donors (Lipinski definition) is 5. The Morgan fingerprint density at radius 2 is 1.82 bits per heavy atom.